The molecule has 0 aromatic carbocycles. The normalized spacial score (nSPS) is 14.9. The summed E-state index contributed by atoms with van der Waals surface area (Å²) in [5.74, 6) is 6.10. The van der Waals surface area contributed by atoms with Gasteiger partial charge >= 0.3 is 0 Å². The lowest BCUT2D eigenvalue weighted by atomic mass is 10.2. The molecule has 0 amide bonds. The Labute approximate surface area is 74.6 Å². The molecule has 2 rings (SSSR count). The predicted molar refractivity (Wildman–Crippen MR) is 51.8 cm³/mol. The Balaban J connectivity index is 2.36. The van der Waals surface area contributed by atoms with E-state index in [1.807, 2.05) is 6.08 Å². The van der Waals surface area contributed by atoms with Crippen LogP contribution in [0, 0.1) is 0 Å². The van der Waals surface area contributed by atoms with E-state index in [-0.39, 0.29) is 0 Å². The van der Waals surface area contributed by atoms with Gasteiger partial charge in [-0.2, -0.15) is 0 Å². The van der Waals surface area contributed by atoms with E-state index in [0.717, 1.165) is 12.3 Å². The molecule has 1 aliphatic rings. The first-order chi connectivity index (χ1) is 5.90. The van der Waals surface area contributed by atoms with E-state index in [2.05, 4.69) is 21.9 Å². The number of nitrogens with zero attached hydrogens (tertiary/aromatic N) is 1. The Kier molecular flexibility index (Phi) is 1.93. The van der Waals surface area contributed by atoms with Crippen molar-refractivity contribution in [2.45, 2.75) is 6.42 Å². The number of aliphatic imine (C=N–C) groups is 1. The topological polar surface area (TPSA) is 50.4 Å². The van der Waals surface area contributed by atoms with Crippen molar-refractivity contribution in [3.63, 3.8) is 0 Å². The summed E-state index contributed by atoms with van der Waals surface area (Å²) in [5, 5.41) is 2.08. The first kappa shape index (κ1) is 7.52. The molecule has 0 radical (unpaired) electrons. The molecule has 1 aromatic rings. The lowest BCUT2D eigenvalue weighted by molar-refractivity contribution is 0.990. The van der Waals surface area contributed by atoms with E-state index in [1.54, 1.807) is 17.5 Å². The second kappa shape index (κ2) is 3.08. The number of hydrogen-bond acceptors (Lipinski definition) is 4. The van der Waals surface area contributed by atoms with Gasteiger partial charge in [0.15, 0.2) is 0 Å². The lowest BCUT2D eigenvalue weighted by Gasteiger charge is -2.00. The SMILES string of the molecule is NNC1=NC=Cc2sccc2C1. The fraction of sp³-hybridized carbons (Fsp3) is 0.125. The van der Waals surface area contributed by atoms with E-state index >= 15 is 0 Å². The number of nitrogens with two attached hydrogens (primary N) is 1. The van der Waals surface area contributed by atoms with Crippen LogP contribution < -0.4 is 11.3 Å². The highest BCUT2D eigenvalue weighted by Crippen LogP contribution is 2.20. The van der Waals surface area contributed by atoms with E-state index in [1.165, 1.54) is 10.4 Å². The number of rotatable bonds is 0. The largest absolute Gasteiger partial charge is 0.312 e. The number of nitrogens with one attached hydrogen (secondary N) is 1. The summed E-state index contributed by atoms with van der Waals surface area (Å²) in [6, 6.07) is 2.10. The molecule has 3 N–H and O–H groups in total. The number of hydrazine groups is 1. The van der Waals surface area contributed by atoms with Crippen LogP contribution in [0.2, 0.25) is 0 Å². The second-order valence-corrected chi connectivity index (χ2v) is 3.47. The van der Waals surface area contributed by atoms with Crippen molar-refractivity contribution in [2.24, 2.45) is 10.8 Å². The Hall–Kier alpha value is -1.13. The van der Waals surface area contributed by atoms with Crippen LogP contribution in [0.1, 0.15) is 10.4 Å². The zero-order valence-electron chi connectivity index (χ0n) is 6.45. The van der Waals surface area contributed by atoms with Gasteiger partial charge in [-0.15, -0.1) is 11.3 Å². The fourth-order valence-corrected chi connectivity index (χ4v) is 1.96. The van der Waals surface area contributed by atoms with Gasteiger partial charge in [-0.05, 0) is 23.1 Å². The molecular formula is C8H9N3S. The van der Waals surface area contributed by atoms with Gasteiger partial charge in [0.05, 0.1) is 0 Å². The molecule has 0 bridgehead atoms. The molecule has 0 aliphatic carbocycles. The molecule has 4 heteroatoms. The highest BCUT2D eigenvalue weighted by atomic mass is 32.1. The Morgan fingerprint density at radius 1 is 1.58 bits per heavy atom. The number of fused-ring (bicyclic) bond motifs is 1. The molecule has 3 nitrogen and oxygen atoms in total. The number of thiophene rings is 1. The molecule has 0 saturated carbocycles. The average Bonchev–Trinajstić information content (AvgIpc) is 2.43. The maximum absolute atomic E-state index is 5.29. The predicted octanol–water partition coefficient (Wildman–Crippen LogP) is 1.14. The molecule has 1 aliphatic heterocycles. The second-order valence-electron chi connectivity index (χ2n) is 2.52. The third-order valence-corrected chi connectivity index (χ3v) is 2.69. The molecule has 0 atom stereocenters. The molecule has 0 unspecified atom stereocenters. The van der Waals surface area contributed by atoms with Gasteiger partial charge in [0, 0.05) is 17.5 Å². The van der Waals surface area contributed by atoms with Crippen molar-refractivity contribution in [1.29, 1.82) is 0 Å². The van der Waals surface area contributed by atoms with Gasteiger partial charge < -0.3 is 5.43 Å². The highest BCUT2D eigenvalue weighted by molar-refractivity contribution is 7.11. The monoisotopic (exact) mass is 179 g/mol. The molecule has 2 heterocycles. The van der Waals surface area contributed by atoms with Gasteiger partial charge in [-0.3, -0.25) is 0 Å². The van der Waals surface area contributed by atoms with Gasteiger partial charge in [0.1, 0.15) is 5.84 Å². The third-order valence-electron chi connectivity index (χ3n) is 1.76. The smallest absolute Gasteiger partial charge is 0.120 e. The summed E-state index contributed by atoms with van der Waals surface area (Å²) in [7, 11) is 0. The minimum atomic E-state index is 0.794. The van der Waals surface area contributed by atoms with Gasteiger partial charge in [0.25, 0.3) is 0 Å². The Morgan fingerprint density at radius 3 is 3.33 bits per heavy atom. The van der Waals surface area contributed by atoms with Crippen LogP contribution in [-0.4, -0.2) is 5.84 Å². The summed E-state index contributed by atoms with van der Waals surface area (Å²) in [4.78, 5) is 5.40. The minimum Gasteiger partial charge on any atom is -0.312 e. The third kappa shape index (κ3) is 1.26. The standard InChI is InChI=1S/C8H9N3S/c9-11-8-5-6-2-4-12-7(6)1-3-10-8/h1-4H,5,9H2,(H,10,11). The zero-order valence-corrected chi connectivity index (χ0v) is 7.27. The van der Waals surface area contributed by atoms with Crippen molar-refractivity contribution in [3.05, 3.63) is 28.1 Å². The summed E-state index contributed by atoms with van der Waals surface area (Å²) in [6.45, 7) is 0. The van der Waals surface area contributed by atoms with Crippen molar-refractivity contribution in [2.75, 3.05) is 0 Å². The maximum atomic E-state index is 5.29. The van der Waals surface area contributed by atoms with Crippen LogP contribution in [-0.2, 0) is 6.42 Å². The summed E-state index contributed by atoms with van der Waals surface area (Å²) in [6.07, 6.45) is 4.57. The maximum Gasteiger partial charge on any atom is 0.120 e. The van der Waals surface area contributed by atoms with Crippen LogP contribution in [0.15, 0.2) is 22.6 Å². The quantitative estimate of drug-likeness (QED) is 0.463. The van der Waals surface area contributed by atoms with Gasteiger partial charge in [0.2, 0.25) is 0 Å². The number of amidine groups is 1. The number of hydrogen-bond donors (Lipinski definition) is 2. The molecule has 0 fully saturated rings. The Bertz CT molecular complexity index is 338. The first-order valence-electron chi connectivity index (χ1n) is 3.66. The molecule has 62 valence electrons. The minimum absolute atomic E-state index is 0.794. The molecule has 0 saturated heterocycles. The van der Waals surface area contributed by atoms with Crippen LogP contribution in [0.5, 0.6) is 0 Å². The van der Waals surface area contributed by atoms with Crippen molar-refractivity contribution < 1.29 is 0 Å². The molecule has 1 aromatic heterocycles. The van der Waals surface area contributed by atoms with E-state index in [0.29, 0.717) is 0 Å². The van der Waals surface area contributed by atoms with Gasteiger partial charge in [-0.1, -0.05) is 0 Å². The summed E-state index contributed by atoms with van der Waals surface area (Å²) in [5.41, 5.74) is 3.86. The van der Waals surface area contributed by atoms with Crippen molar-refractivity contribution in [1.82, 2.24) is 5.43 Å². The van der Waals surface area contributed by atoms with Crippen LogP contribution in [0.25, 0.3) is 6.08 Å². The lowest BCUT2D eigenvalue weighted by Crippen LogP contribution is -2.31. The van der Waals surface area contributed by atoms with Crippen molar-refractivity contribution >= 4 is 23.2 Å². The van der Waals surface area contributed by atoms with E-state index in [9.17, 15) is 0 Å². The molecular weight excluding hydrogens is 170 g/mol. The van der Waals surface area contributed by atoms with Crippen LogP contribution >= 0.6 is 11.3 Å². The first-order valence-corrected chi connectivity index (χ1v) is 4.54. The summed E-state index contributed by atoms with van der Waals surface area (Å²) >= 11 is 1.72. The van der Waals surface area contributed by atoms with Crippen LogP contribution in [0.3, 0.4) is 0 Å². The van der Waals surface area contributed by atoms with Crippen LogP contribution in [0.4, 0.5) is 0 Å². The fourth-order valence-electron chi connectivity index (χ4n) is 1.15. The van der Waals surface area contributed by atoms with Crippen molar-refractivity contribution in [3.8, 4) is 0 Å². The van der Waals surface area contributed by atoms with E-state index in [4.69, 9.17) is 5.84 Å². The van der Waals surface area contributed by atoms with E-state index < -0.39 is 0 Å². The average molecular weight is 179 g/mol. The zero-order chi connectivity index (χ0) is 8.39. The molecule has 12 heavy (non-hydrogen) atoms. The highest BCUT2D eigenvalue weighted by Gasteiger charge is 2.06. The summed E-state index contributed by atoms with van der Waals surface area (Å²) < 4.78 is 0. The van der Waals surface area contributed by atoms with Gasteiger partial charge in [-0.25, -0.2) is 10.8 Å². The molecule has 0 spiro atoms. The Morgan fingerprint density at radius 2 is 2.50 bits per heavy atom.